The molecule has 0 aromatic heterocycles. The van der Waals surface area contributed by atoms with Gasteiger partial charge in [-0.15, -0.1) is 0 Å². The summed E-state index contributed by atoms with van der Waals surface area (Å²) >= 11 is 0. The summed E-state index contributed by atoms with van der Waals surface area (Å²) in [6, 6.07) is 5.33. The molecule has 0 unspecified atom stereocenters. The number of anilines is 1. The van der Waals surface area contributed by atoms with Gasteiger partial charge in [-0.3, -0.25) is 10.1 Å². The Labute approximate surface area is 108 Å². The first-order valence-electron chi connectivity index (χ1n) is 6.09. The van der Waals surface area contributed by atoms with Gasteiger partial charge in [0.2, 0.25) is 0 Å². The number of likely N-dealkylation sites (N-methyl/N-ethyl adjacent to an activating group) is 2. The average molecular weight is 251 g/mol. The van der Waals surface area contributed by atoms with Crippen LogP contribution in [0.3, 0.4) is 0 Å². The Morgan fingerprint density at radius 2 is 1.89 bits per heavy atom. The van der Waals surface area contributed by atoms with Crippen molar-refractivity contribution in [3.8, 4) is 0 Å². The number of benzene rings is 1. The Morgan fingerprint density at radius 3 is 2.39 bits per heavy atom. The van der Waals surface area contributed by atoms with Crippen LogP contribution < -0.4 is 4.90 Å². The Bertz CT molecular complexity index is 419. The van der Waals surface area contributed by atoms with Gasteiger partial charge in [-0.25, -0.2) is 0 Å². The molecule has 5 nitrogen and oxygen atoms in total. The number of aryl methyl sites for hydroxylation is 1. The van der Waals surface area contributed by atoms with Crippen LogP contribution in [-0.4, -0.2) is 44.1 Å². The van der Waals surface area contributed by atoms with E-state index in [9.17, 15) is 10.1 Å². The maximum atomic E-state index is 11.0. The van der Waals surface area contributed by atoms with E-state index in [1.807, 2.05) is 45.1 Å². The van der Waals surface area contributed by atoms with Crippen molar-refractivity contribution >= 4 is 11.4 Å². The fraction of sp³-hybridized carbons (Fsp3) is 0.538. The molecule has 1 rings (SSSR count). The van der Waals surface area contributed by atoms with Crippen LogP contribution in [-0.2, 0) is 6.42 Å². The number of hydrogen-bond acceptors (Lipinski definition) is 4. The monoisotopic (exact) mass is 251 g/mol. The van der Waals surface area contributed by atoms with Gasteiger partial charge in [0.15, 0.2) is 0 Å². The zero-order chi connectivity index (χ0) is 13.7. The van der Waals surface area contributed by atoms with Gasteiger partial charge in [0.25, 0.3) is 5.69 Å². The van der Waals surface area contributed by atoms with Gasteiger partial charge < -0.3 is 9.80 Å². The van der Waals surface area contributed by atoms with Crippen molar-refractivity contribution in [2.75, 3.05) is 39.1 Å². The normalized spacial score (nSPS) is 10.7. The molecule has 1 aromatic carbocycles. The first-order valence-corrected chi connectivity index (χ1v) is 6.09. The van der Waals surface area contributed by atoms with Crippen molar-refractivity contribution in [2.45, 2.75) is 13.3 Å². The van der Waals surface area contributed by atoms with Crippen molar-refractivity contribution in [2.24, 2.45) is 0 Å². The Morgan fingerprint density at radius 1 is 1.22 bits per heavy atom. The second-order valence-corrected chi connectivity index (χ2v) is 4.66. The van der Waals surface area contributed by atoms with E-state index < -0.39 is 0 Å². The van der Waals surface area contributed by atoms with E-state index in [1.54, 1.807) is 6.07 Å². The lowest BCUT2D eigenvalue weighted by molar-refractivity contribution is -0.384. The summed E-state index contributed by atoms with van der Waals surface area (Å²) in [6.07, 6.45) is 0.881. The third kappa shape index (κ3) is 3.70. The minimum atomic E-state index is -0.319. The number of hydrogen-bond donors (Lipinski definition) is 0. The van der Waals surface area contributed by atoms with Crippen molar-refractivity contribution in [3.05, 3.63) is 33.9 Å². The molecule has 0 fully saturated rings. The molecule has 0 aliphatic heterocycles. The molecule has 1 aromatic rings. The first-order chi connectivity index (χ1) is 8.45. The number of nitrogens with zero attached hydrogens (tertiary/aromatic N) is 3. The molecule has 0 saturated carbocycles. The molecule has 0 heterocycles. The summed E-state index contributed by atoms with van der Waals surface area (Å²) < 4.78 is 0. The maximum Gasteiger partial charge on any atom is 0.292 e. The van der Waals surface area contributed by atoms with Crippen LogP contribution >= 0.6 is 0 Å². The van der Waals surface area contributed by atoms with Gasteiger partial charge >= 0.3 is 0 Å². The zero-order valence-corrected chi connectivity index (χ0v) is 11.5. The molecule has 0 N–H and O–H groups in total. The van der Waals surface area contributed by atoms with Gasteiger partial charge in [0, 0.05) is 26.2 Å². The van der Waals surface area contributed by atoms with Gasteiger partial charge in [-0.2, -0.15) is 0 Å². The first kappa shape index (κ1) is 14.4. The molecule has 0 aliphatic carbocycles. The smallest absolute Gasteiger partial charge is 0.292 e. The van der Waals surface area contributed by atoms with Crippen LogP contribution in [0.15, 0.2) is 18.2 Å². The topological polar surface area (TPSA) is 49.6 Å². The fourth-order valence-electron chi connectivity index (χ4n) is 1.72. The summed E-state index contributed by atoms with van der Waals surface area (Å²) in [5.74, 6) is 0. The molecule has 0 amide bonds. The van der Waals surface area contributed by atoms with Crippen molar-refractivity contribution in [1.82, 2.24) is 4.90 Å². The van der Waals surface area contributed by atoms with Crippen LogP contribution in [0.25, 0.3) is 0 Å². The zero-order valence-electron chi connectivity index (χ0n) is 11.5. The molecule has 0 atom stereocenters. The van der Waals surface area contributed by atoms with Gasteiger partial charge in [-0.1, -0.05) is 13.0 Å². The second kappa shape index (κ2) is 6.35. The lowest BCUT2D eigenvalue weighted by Gasteiger charge is -2.21. The van der Waals surface area contributed by atoms with Crippen LogP contribution in [0, 0.1) is 10.1 Å². The van der Waals surface area contributed by atoms with E-state index in [0.29, 0.717) is 5.69 Å². The number of nitro benzene ring substituents is 1. The van der Waals surface area contributed by atoms with Crippen LogP contribution in [0.4, 0.5) is 11.4 Å². The minimum Gasteiger partial charge on any atom is -0.368 e. The molecular weight excluding hydrogens is 230 g/mol. The van der Waals surface area contributed by atoms with Crippen molar-refractivity contribution in [3.63, 3.8) is 0 Å². The highest BCUT2D eigenvalue weighted by Gasteiger charge is 2.17. The van der Waals surface area contributed by atoms with E-state index >= 15 is 0 Å². The Balaban J connectivity index is 2.99. The van der Waals surface area contributed by atoms with Gasteiger partial charge in [0.1, 0.15) is 5.69 Å². The van der Waals surface area contributed by atoms with Gasteiger partial charge in [0.05, 0.1) is 4.92 Å². The lowest BCUT2D eigenvalue weighted by atomic mass is 10.1. The van der Waals surface area contributed by atoms with Crippen LogP contribution in [0.1, 0.15) is 12.5 Å². The number of nitro groups is 1. The van der Waals surface area contributed by atoms with Crippen LogP contribution in [0.5, 0.6) is 0 Å². The predicted octanol–water partition coefficient (Wildman–Crippen LogP) is 2.16. The van der Waals surface area contributed by atoms with Crippen molar-refractivity contribution in [1.29, 1.82) is 0 Å². The summed E-state index contributed by atoms with van der Waals surface area (Å²) in [6.45, 7) is 3.68. The van der Waals surface area contributed by atoms with E-state index in [0.717, 1.165) is 25.1 Å². The quantitative estimate of drug-likeness (QED) is 0.574. The molecule has 0 spiro atoms. The molecule has 5 heteroatoms. The molecular formula is C13H21N3O2. The average Bonchev–Trinajstić information content (AvgIpc) is 2.34. The highest BCUT2D eigenvalue weighted by Crippen LogP contribution is 2.28. The molecule has 100 valence electrons. The van der Waals surface area contributed by atoms with E-state index in [-0.39, 0.29) is 10.6 Å². The van der Waals surface area contributed by atoms with E-state index in [1.165, 1.54) is 0 Å². The lowest BCUT2D eigenvalue weighted by Crippen LogP contribution is -2.28. The Hall–Kier alpha value is -1.62. The minimum absolute atomic E-state index is 0.174. The third-order valence-corrected chi connectivity index (χ3v) is 2.94. The number of rotatable bonds is 6. The van der Waals surface area contributed by atoms with E-state index in [4.69, 9.17) is 0 Å². The van der Waals surface area contributed by atoms with Crippen LogP contribution in [0.2, 0.25) is 0 Å². The summed E-state index contributed by atoms with van der Waals surface area (Å²) in [5.41, 5.74) is 1.99. The molecule has 0 bridgehead atoms. The molecule has 0 aliphatic rings. The third-order valence-electron chi connectivity index (χ3n) is 2.94. The fourth-order valence-corrected chi connectivity index (χ4v) is 1.72. The Kier molecular flexibility index (Phi) is 5.09. The molecule has 0 radical (unpaired) electrons. The highest BCUT2D eigenvalue weighted by atomic mass is 16.6. The van der Waals surface area contributed by atoms with E-state index in [2.05, 4.69) is 4.90 Å². The SMILES string of the molecule is CCc1ccc([N+](=O)[O-])c(N(C)CCN(C)C)c1. The summed E-state index contributed by atoms with van der Waals surface area (Å²) in [4.78, 5) is 14.7. The molecule has 0 saturated heterocycles. The standard InChI is InChI=1S/C13H21N3O2/c1-5-11-6-7-12(16(17)18)13(10-11)15(4)9-8-14(2)3/h6-7,10H,5,8-9H2,1-4H3. The molecule has 18 heavy (non-hydrogen) atoms. The summed E-state index contributed by atoms with van der Waals surface area (Å²) in [7, 11) is 5.88. The predicted molar refractivity (Wildman–Crippen MR) is 74.3 cm³/mol. The largest absolute Gasteiger partial charge is 0.368 e. The maximum absolute atomic E-state index is 11.0. The van der Waals surface area contributed by atoms with Crippen molar-refractivity contribution < 1.29 is 4.92 Å². The highest BCUT2D eigenvalue weighted by molar-refractivity contribution is 5.64. The van der Waals surface area contributed by atoms with Gasteiger partial charge in [-0.05, 0) is 32.1 Å². The second-order valence-electron chi connectivity index (χ2n) is 4.66. The summed E-state index contributed by atoms with van der Waals surface area (Å²) in [5, 5.41) is 11.0.